The molecular weight excluding hydrogens is 402 g/mol. The van der Waals surface area contributed by atoms with Crippen molar-refractivity contribution in [1.82, 2.24) is 15.1 Å². The van der Waals surface area contributed by atoms with Gasteiger partial charge >= 0.3 is 6.09 Å². The number of likely N-dealkylation sites (tertiary alicyclic amines) is 1. The van der Waals surface area contributed by atoms with Crippen LogP contribution < -0.4 is 5.32 Å². The van der Waals surface area contributed by atoms with Crippen molar-refractivity contribution in [2.75, 3.05) is 19.7 Å². The van der Waals surface area contributed by atoms with E-state index in [0.717, 1.165) is 51.6 Å². The minimum absolute atomic E-state index is 0.0550. The van der Waals surface area contributed by atoms with Crippen molar-refractivity contribution in [3.63, 3.8) is 0 Å². The van der Waals surface area contributed by atoms with Crippen LogP contribution in [-0.4, -0.2) is 59.6 Å². The van der Waals surface area contributed by atoms with Crippen molar-refractivity contribution in [1.29, 1.82) is 0 Å². The summed E-state index contributed by atoms with van der Waals surface area (Å²) >= 11 is 0. The maximum absolute atomic E-state index is 12.4. The zero-order chi connectivity index (χ0) is 22.3. The fourth-order valence-electron chi connectivity index (χ4n) is 7.17. The second kappa shape index (κ2) is 8.69. The normalized spacial score (nSPS) is 31.2. The number of carbonyl (C=O) groups excluding carboxylic acids is 2. The molecule has 0 aromatic heterocycles. The van der Waals surface area contributed by atoms with Crippen LogP contribution in [0.15, 0.2) is 24.3 Å². The SMILES string of the molecule is CCOC(=O)N1C2CCC1CC(N1CCC3(CC[C@@H](NC(C)=O)c4ccccc43)CC1)C2. The second-order valence-electron chi connectivity index (χ2n) is 10.3. The molecule has 0 saturated carbocycles. The van der Waals surface area contributed by atoms with E-state index >= 15 is 0 Å². The van der Waals surface area contributed by atoms with Gasteiger partial charge < -0.3 is 19.9 Å². The third-order valence-corrected chi connectivity index (χ3v) is 8.65. The summed E-state index contributed by atoms with van der Waals surface area (Å²) < 4.78 is 5.33. The topological polar surface area (TPSA) is 61.9 Å². The van der Waals surface area contributed by atoms with Crippen LogP contribution in [0.25, 0.3) is 0 Å². The zero-order valence-electron chi connectivity index (χ0n) is 19.5. The zero-order valence-corrected chi connectivity index (χ0v) is 19.5. The summed E-state index contributed by atoms with van der Waals surface area (Å²) in [6, 6.07) is 10.2. The molecular formula is C26H37N3O3. The fourth-order valence-corrected chi connectivity index (χ4v) is 7.17. The van der Waals surface area contributed by atoms with Crippen LogP contribution in [0.5, 0.6) is 0 Å². The maximum atomic E-state index is 12.4. The summed E-state index contributed by atoms with van der Waals surface area (Å²) in [5.74, 6) is 0.0550. The average Bonchev–Trinajstić information content (AvgIpc) is 3.06. The van der Waals surface area contributed by atoms with Crippen LogP contribution in [0.4, 0.5) is 4.79 Å². The molecule has 1 N–H and O–H groups in total. The van der Waals surface area contributed by atoms with E-state index in [9.17, 15) is 9.59 Å². The molecule has 3 fully saturated rings. The number of amides is 2. The van der Waals surface area contributed by atoms with Gasteiger partial charge in [0.1, 0.15) is 0 Å². The monoisotopic (exact) mass is 439 g/mol. The first kappa shape index (κ1) is 21.7. The Labute approximate surface area is 191 Å². The highest BCUT2D eigenvalue weighted by atomic mass is 16.6. The van der Waals surface area contributed by atoms with E-state index in [1.165, 1.54) is 24.0 Å². The van der Waals surface area contributed by atoms with Gasteiger partial charge in [-0.1, -0.05) is 24.3 Å². The second-order valence-corrected chi connectivity index (χ2v) is 10.3. The minimum Gasteiger partial charge on any atom is -0.450 e. The van der Waals surface area contributed by atoms with Crippen molar-refractivity contribution in [3.05, 3.63) is 35.4 Å². The highest BCUT2D eigenvalue weighted by molar-refractivity contribution is 5.73. The molecule has 1 aliphatic carbocycles. The van der Waals surface area contributed by atoms with E-state index < -0.39 is 0 Å². The summed E-state index contributed by atoms with van der Waals surface area (Å²) in [6.45, 7) is 6.21. The number of nitrogens with zero attached hydrogens (tertiary/aromatic N) is 2. The molecule has 2 unspecified atom stereocenters. The van der Waals surface area contributed by atoms with Gasteiger partial charge in [0.25, 0.3) is 0 Å². The van der Waals surface area contributed by atoms with Gasteiger partial charge in [-0.05, 0) is 87.9 Å². The maximum Gasteiger partial charge on any atom is 0.410 e. The summed E-state index contributed by atoms with van der Waals surface area (Å²) in [5, 5.41) is 3.17. The van der Waals surface area contributed by atoms with Crippen molar-refractivity contribution in [3.8, 4) is 0 Å². The number of hydrogen-bond donors (Lipinski definition) is 1. The summed E-state index contributed by atoms with van der Waals surface area (Å²) in [6.07, 6.45) is 8.85. The van der Waals surface area contributed by atoms with Gasteiger partial charge in [-0.3, -0.25) is 4.79 Å². The summed E-state index contributed by atoms with van der Waals surface area (Å²) in [5.41, 5.74) is 3.03. The van der Waals surface area contributed by atoms with Crippen LogP contribution in [-0.2, 0) is 14.9 Å². The molecule has 6 heteroatoms. The Morgan fingerprint density at radius 3 is 2.38 bits per heavy atom. The van der Waals surface area contributed by atoms with E-state index in [2.05, 4.69) is 34.5 Å². The highest BCUT2D eigenvalue weighted by Crippen LogP contribution is 2.49. The van der Waals surface area contributed by atoms with Gasteiger partial charge in [-0.25, -0.2) is 4.79 Å². The molecule has 6 nitrogen and oxygen atoms in total. The molecule has 2 bridgehead atoms. The molecule has 1 spiro atoms. The molecule has 5 rings (SSSR count). The molecule has 32 heavy (non-hydrogen) atoms. The van der Waals surface area contributed by atoms with Crippen LogP contribution in [0.3, 0.4) is 0 Å². The Balaban J connectivity index is 1.26. The Morgan fingerprint density at radius 1 is 1.03 bits per heavy atom. The molecule has 1 aromatic carbocycles. The van der Waals surface area contributed by atoms with Gasteiger partial charge in [-0.15, -0.1) is 0 Å². The minimum atomic E-state index is -0.108. The van der Waals surface area contributed by atoms with Gasteiger partial charge in [-0.2, -0.15) is 0 Å². The molecule has 0 radical (unpaired) electrons. The highest BCUT2D eigenvalue weighted by Gasteiger charge is 2.48. The van der Waals surface area contributed by atoms with E-state index in [0.29, 0.717) is 24.7 Å². The number of nitrogens with one attached hydrogen (secondary N) is 1. The Kier molecular flexibility index (Phi) is 5.91. The van der Waals surface area contributed by atoms with Crippen LogP contribution in [0, 0.1) is 0 Å². The number of fused-ring (bicyclic) bond motifs is 4. The van der Waals surface area contributed by atoms with Crippen molar-refractivity contribution in [2.45, 2.75) is 94.8 Å². The standard InChI is InChI=1S/C26H37N3O3/c1-3-32-25(31)29-19-8-9-20(29)17-21(16-19)28-14-12-26(13-15-28)11-10-24(27-18(2)30)22-6-4-5-7-23(22)26/h4-7,19-21,24H,3,8-17H2,1-2H3,(H,27,30)/t19?,20?,21?,24-/m1/s1. The smallest absolute Gasteiger partial charge is 0.410 e. The molecule has 2 amide bonds. The third-order valence-electron chi connectivity index (χ3n) is 8.65. The predicted molar refractivity (Wildman–Crippen MR) is 123 cm³/mol. The number of rotatable bonds is 3. The van der Waals surface area contributed by atoms with Crippen molar-refractivity contribution >= 4 is 12.0 Å². The Hall–Kier alpha value is -2.08. The first-order valence-electron chi connectivity index (χ1n) is 12.6. The van der Waals surface area contributed by atoms with E-state index in [1.54, 1.807) is 6.92 Å². The van der Waals surface area contributed by atoms with Crippen molar-refractivity contribution in [2.24, 2.45) is 0 Å². The first-order chi connectivity index (χ1) is 15.5. The van der Waals surface area contributed by atoms with Crippen LogP contribution >= 0.6 is 0 Å². The molecule has 3 atom stereocenters. The quantitative estimate of drug-likeness (QED) is 0.769. The largest absolute Gasteiger partial charge is 0.450 e. The molecule has 4 aliphatic rings. The van der Waals surface area contributed by atoms with E-state index in [1.807, 2.05) is 11.8 Å². The lowest BCUT2D eigenvalue weighted by molar-refractivity contribution is -0.119. The van der Waals surface area contributed by atoms with Crippen LogP contribution in [0.1, 0.15) is 82.4 Å². The fraction of sp³-hybridized carbons (Fsp3) is 0.692. The molecule has 3 heterocycles. The summed E-state index contributed by atoms with van der Waals surface area (Å²) in [7, 11) is 0. The van der Waals surface area contributed by atoms with Crippen LogP contribution in [0.2, 0.25) is 0 Å². The van der Waals surface area contributed by atoms with Gasteiger partial charge in [0.2, 0.25) is 5.91 Å². The Morgan fingerprint density at radius 2 is 1.72 bits per heavy atom. The van der Waals surface area contributed by atoms with E-state index in [4.69, 9.17) is 4.74 Å². The number of benzene rings is 1. The molecule has 174 valence electrons. The number of hydrogen-bond acceptors (Lipinski definition) is 4. The lowest BCUT2D eigenvalue weighted by Crippen LogP contribution is -2.55. The average molecular weight is 440 g/mol. The first-order valence-corrected chi connectivity index (χ1v) is 12.6. The number of carbonyl (C=O) groups is 2. The molecule has 1 aromatic rings. The predicted octanol–water partition coefficient (Wildman–Crippen LogP) is 4.14. The van der Waals surface area contributed by atoms with E-state index in [-0.39, 0.29) is 23.5 Å². The number of piperidine rings is 2. The third kappa shape index (κ3) is 3.81. The lowest BCUT2D eigenvalue weighted by Gasteiger charge is -2.50. The molecule has 3 aliphatic heterocycles. The molecule has 3 saturated heterocycles. The van der Waals surface area contributed by atoms with Crippen molar-refractivity contribution < 1.29 is 14.3 Å². The lowest BCUT2D eigenvalue weighted by atomic mass is 9.63. The summed E-state index contributed by atoms with van der Waals surface area (Å²) in [4.78, 5) is 28.9. The Bertz CT molecular complexity index is 850. The van der Waals surface area contributed by atoms with Gasteiger partial charge in [0.15, 0.2) is 0 Å². The van der Waals surface area contributed by atoms with Gasteiger partial charge in [0.05, 0.1) is 12.6 Å². The number of ether oxygens (including phenoxy) is 1. The van der Waals surface area contributed by atoms with Gasteiger partial charge in [0, 0.05) is 25.0 Å².